The van der Waals surface area contributed by atoms with Gasteiger partial charge in [-0.3, -0.25) is 5.10 Å². The molecule has 2 aromatic heterocycles. The summed E-state index contributed by atoms with van der Waals surface area (Å²) in [6, 6.07) is 5.85. The first-order valence-electron chi connectivity index (χ1n) is 8.68. The quantitative estimate of drug-likeness (QED) is 0.604. The molecule has 27 heavy (non-hydrogen) atoms. The summed E-state index contributed by atoms with van der Waals surface area (Å²) in [5.74, 6) is 8.36. The Bertz CT molecular complexity index is 992. The largest absolute Gasteiger partial charge is 0.497 e. The molecule has 0 radical (unpaired) electrons. The van der Waals surface area contributed by atoms with Gasteiger partial charge in [-0.05, 0) is 31.0 Å². The normalized spacial score (nSPS) is 16.0. The number of nitrogens with zero attached hydrogens (tertiary/aromatic N) is 3. The van der Waals surface area contributed by atoms with Crippen LogP contribution in [-0.4, -0.2) is 53.5 Å². The number of aromatic amines is 1. The Morgan fingerprint density at radius 2 is 1.93 bits per heavy atom. The second kappa shape index (κ2) is 7.51. The number of hydrogen-bond donors (Lipinski definition) is 3. The summed E-state index contributed by atoms with van der Waals surface area (Å²) in [5, 5.41) is 14.9. The maximum Gasteiger partial charge on any atom is 0.162 e. The molecule has 3 aromatic rings. The highest BCUT2D eigenvalue weighted by Gasteiger charge is 2.18. The first kappa shape index (κ1) is 17.1. The summed E-state index contributed by atoms with van der Waals surface area (Å²) in [6.45, 7) is 1.91. The molecule has 0 aliphatic carbocycles. The highest BCUT2D eigenvalue weighted by molar-refractivity contribution is 5.91. The predicted octanol–water partition coefficient (Wildman–Crippen LogP) is 1.54. The van der Waals surface area contributed by atoms with E-state index in [1.165, 1.54) is 6.33 Å². The summed E-state index contributed by atoms with van der Waals surface area (Å²) in [4.78, 5) is 8.61. The van der Waals surface area contributed by atoms with Crippen LogP contribution in [0, 0.1) is 11.8 Å². The van der Waals surface area contributed by atoms with E-state index in [0.717, 1.165) is 36.3 Å². The van der Waals surface area contributed by atoms with E-state index in [1.807, 2.05) is 18.2 Å². The van der Waals surface area contributed by atoms with Crippen molar-refractivity contribution in [1.29, 1.82) is 0 Å². The van der Waals surface area contributed by atoms with Crippen molar-refractivity contribution >= 4 is 16.9 Å². The Kier molecular flexibility index (Phi) is 4.77. The molecule has 138 valence electrons. The van der Waals surface area contributed by atoms with Gasteiger partial charge in [0.2, 0.25) is 0 Å². The van der Waals surface area contributed by atoms with Crippen LogP contribution < -0.4 is 20.1 Å². The van der Waals surface area contributed by atoms with E-state index in [0.29, 0.717) is 28.9 Å². The van der Waals surface area contributed by atoms with E-state index in [9.17, 15) is 0 Å². The zero-order valence-corrected chi connectivity index (χ0v) is 15.2. The van der Waals surface area contributed by atoms with Crippen LogP contribution in [0.15, 0.2) is 24.5 Å². The summed E-state index contributed by atoms with van der Waals surface area (Å²) in [7, 11) is 3.22. The van der Waals surface area contributed by atoms with Gasteiger partial charge in [-0.25, -0.2) is 9.97 Å². The minimum absolute atomic E-state index is 0.333. The highest BCUT2D eigenvalue weighted by Crippen LogP contribution is 2.24. The van der Waals surface area contributed by atoms with E-state index >= 15 is 0 Å². The van der Waals surface area contributed by atoms with Crippen molar-refractivity contribution < 1.29 is 9.47 Å². The lowest BCUT2D eigenvalue weighted by Crippen LogP contribution is -2.22. The van der Waals surface area contributed by atoms with Gasteiger partial charge in [-0.15, -0.1) is 0 Å². The van der Waals surface area contributed by atoms with Crippen molar-refractivity contribution in [2.75, 3.05) is 32.6 Å². The van der Waals surface area contributed by atoms with Crippen molar-refractivity contribution in [1.82, 2.24) is 25.5 Å². The fraction of sp³-hybridized carbons (Fsp3) is 0.316. The average Bonchev–Trinajstić information content (AvgIpc) is 3.37. The molecule has 1 aliphatic heterocycles. The number of anilines is 1. The van der Waals surface area contributed by atoms with Gasteiger partial charge < -0.3 is 20.1 Å². The molecule has 8 nitrogen and oxygen atoms in total. The fourth-order valence-electron chi connectivity index (χ4n) is 3.04. The molecule has 1 fully saturated rings. The Hall–Kier alpha value is -3.31. The number of aromatic nitrogens is 4. The molecule has 3 heterocycles. The Balaban J connectivity index is 1.70. The minimum atomic E-state index is 0.333. The van der Waals surface area contributed by atoms with Crippen molar-refractivity contribution in [2.45, 2.75) is 12.5 Å². The van der Waals surface area contributed by atoms with Crippen LogP contribution in [0.2, 0.25) is 0 Å². The first-order chi connectivity index (χ1) is 13.3. The second-order valence-corrected chi connectivity index (χ2v) is 6.20. The van der Waals surface area contributed by atoms with Crippen LogP contribution in [0.5, 0.6) is 11.5 Å². The van der Waals surface area contributed by atoms with E-state index in [1.54, 1.807) is 14.2 Å². The molecule has 1 saturated heterocycles. The van der Waals surface area contributed by atoms with Gasteiger partial charge in [0.05, 0.1) is 19.6 Å². The molecule has 0 saturated carbocycles. The molecular weight excluding hydrogens is 344 g/mol. The lowest BCUT2D eigenvalue weighted by molar-refractivity contribution is 0.394. The molecule has 0 spiro atoms. The molecule has 1 atom stereocenters. The molecule has 0 amide bonds. The molecule has 0 unspecified atom stereocenters. The molecule has 4 rings (SSSR count). The fourth-order valence-corrected chi connectivity index (χ4v) is 3.04. The minimum Gasteiger partial charge on any atom is -0.497 e. The van der Waals surface area contributed by atoms with E-state index in [-0.39, 0.29) is 0 Å². The lowest BCUT2D eigenvalue weighted by Gasteiger charge is -2.10. The number of ether oxygens (including phenoxy) is 2. The Labute approximate surface area is 156 Å². The molecule has 1 aliphatic rings. The zero-order chi connectivity index (χ0) is 18.6. The molecule has 8 heteroatoms. The smallest absolute Gasteiger partial charge is 0.162 e. The highest BCUT2D eigenvalue weighted by atomic mass is 16.5. The second-order valence-electron chi connectivity index (χ2n) is 6.20. The molecule has 0 bridgehead atoms. The standard InChI is InChI=1S/C19H20N6O2/c1-26-14-7-12(8-15(9-14)27-2)3-4-16-17-18(22-11-21-16)24-25-19(17)23-13-5-6-20-10-13/h7-9,11,13,20H,5-6,10H2,1-2H3,(H2,21,22,23,24,25)/t13-/m0/s1. The molecular formula is C19H20N6O2. The van der Waals surface area contributed by atoms with Crippen LogP contribution in [0.3, 0.4) is 0 Å². The van der Waals surface area contributed by atoms with Crippen LogP contribution in [0.1, 0.15) is 17.7 Å². The predicted molar refractivity (Wildman–Crippen MR) is 102 cm³/mol. The summed E-state index contributed by atoms with van der Waals surface area (Å²) >= 11 is 0. The SMILES string of the molecule is COc1cc(C#Cc2ncnc3[nH]nc(N[C@H]4CCNC4)c23)cc(OC)c1. The van der Waals surface area contributed by atoms with E-state index in [4.69, 9.17) is 9.47 Å². The number of benzene rings is 1. The third-order valence-electron chi connectivity index (χ3n) is 4.44. The van der Waals surface area contributed by atoms with Crippen molar-refractivity contribution in [3.05, 3.63) is 35.8 Å². The van der Waals surface area contributed by atoms with E-state index in [2.05, 4.69) is 42.6 Å². The zero-order valence-electron chi connectivity index (χ0n) is 15.2. The van der Waals surface area contributed by atoms with Gasteiger partial charge in [-0.1, -0.05) is 5.92 Å². The average molecular weight is 364 g/mol. The van der Waals surface area contributed by atoms with Gasteiger partial charge >= 0.3 is 0 Å². The third-order valence-corrected chi connectivity index (χ3v) is 4.44. The third kappa shape index (κ3) is 3.64. The van der Waals surface area contributed by atoms with Gasteiger partial charge in [-0.2, -0.15) is 5.10 Å². The number of methoxy groups -OCH3 is 2. The lowest BCUT2D eigenvalue weighted by atomic mass is 10.2. The number of H-pyrrole nitrogens is 1. The van der Waals surface area contributed by atoms with E-state index < -0.39 is 0 Å². The topological polar surface area (TPSA) is 97.0 Å². The van der Waals surface area contributed by atoms with Crippen molar-refractivity contribution in [3.63, 3.8) is 0 Å². The summed E-state index contributed by atoms with van der Waals surface area (Å²) < 4.78 is 10.6. The Morgan fingerprint density at radius 1 is 1.11 bits per heavy atom. The molecule has 3 N–H and O–H groups in total. The van der Waals surface area contributed by atoms with Crippen molar-refractivity contribution in [3.8, 4) is 23.3 Å². The maximum absolute atomic E-state index is 5.30. The van der Waals surface area contributed by atoms with Gasteiger partial charge in [0.1, 0.15) is 23.5 Å². The van der Waals surface area contributed by atoms with Gasteiger partial charge in [0, 0.05) is 24.2 Å². The number of hydrogen-bond acceptors (Lipinski definition) is 7. The molecule has 1 aromatic carbocycles. The van der Waals surface area contributed by atoms with Crippen LogP contribution in [0.4, 0.5) is 5.82 Å². The van der Waals surface area contributed by atoms with Crippen LogP contribution in [0.25, 0.3) is 11.0 Å². The maximum atomic E-state index is 5.30. The summed E-state index contributed by atoms with van der Waals surface area (Å²) in [5.41, 5.74) is 2.05. The monoisotopic (exact) mass is 364 g/mol. The number of fused-ring (bicyclic) bond motifs is 1. The first-order valence-corrected chi connectivity index (χ1v) is 8.68. The number of nitrogens with one attached hydrogen (secondary N) is 3. The number of rotatable bonds is 4. The van der Waals surface area contributed by atoms with Crippen molar-refractivity contribution in [2.24, 2.45) is 0 Å². The van der Waals surface area contributed by atoms with Crippen LogP contribution >= 0.6 is 0 Å². The van der Waals surface area contributed by atoms with Gasteiger partial charge in [0.25, 0.3) is 0 Å². The Morgan fingerprint density at radius 3 is 2.63 bits per heavy atom. The van der Waals surface area contributed by atoms with Gasteiger partial charge in [0.15, 0.2) is 11.5 Å². The van der Waals surface area contributed by atoms with Crippen LogP contribution in [-0.2, 0) is 0 Å². The summed E-state index contributed by atoms with van der Waals surface area (Å²) in [6.07, 6.45) is 2.53.